The van der Waals surface area contributed by atoms with Crippen LogP contribution in [0.3, 0.4) is 0 Å². The molecular formula is C25H35FN2O2. The van der Waals surface area contributed by atoms with Gasteiger partial charge < -0.3 is 14.9 Å². The second-order valence-corrected chi connectivity index (χ2v) is 7.91. The van der Waals surface area contributed by atoms with Gasteiger partial charge in [-0.2, -0.15) is 0 Å². The maximum atomic E-state index is 12.7. The van der Waals surface area contributed by atoms with Crippen molar-refractivity contribution in [2.45, 2.75) is 38.7 Å². The fourth-order valence-corrected chi connectivity index (χ4v) is 4.09. The van der Waals surface area contributed by atoms with E-state index in [-0.39, 0.29) is 17.6 Å². The zero-order valence-corrected chi connectivity index (χ0v) is 18.1. The summed E-state index contributed by atoms with van der Waals surface area (Å²) in [6.45, 7) is 14.0. The van der Waals surface area contributed by atoms with E-state index in [1.165, 1.54) is 12.1 Å². The molecule has 1 N–H and O–H groups in total. The predicted molar refractivity (Wildman–Crippen MR) is 120 cm³/mol. The third-order valence-corrected chi connectivity index (χ3v) is 5.74. The van der Waals surface area contributed by atoms with Crippen molar-refractivity contribution >= 4 is 5.91 Å². The molecule has 0 saturated carbocycles. The fourth-order valence-electron chi connectivity index (χ4n) is 4.09. The Morgan fingerprint density at radius 1 is 1.23 bits per heavy atom. The zero-order valence-electron chi connectivity index (χ0n) is 18.1. The monoisotopic (exact) mass is 414 g/mol. The van der Waals surface area contributed by atoms with E-state index in [2.05, 4.69) is 25.0 Å². The van der Waals surface area contributed by atoms with Crippen molar-refractivity contribution in [3.8, 4) is 0 Å². The maximum absolute atomic E-state index is 12.7. The molecule has 0 radical (unpaired) electrons. The van der Waals surface area contributed by atoms with Crippen molar-refractivity contribution in [3.63, 3.8) is 0 Å². The lowest BCUT2D eigenvalue weighted by molar-refractivity contribution is -0.144. The van der Waals surface area contributed by atoms with Gasteiger partial charge in [0, 0.05) is 25.6 Å². The summed E-state index contributed by atoms with van der Waals surface area (Å²) >= 11 is 0. The van der Waals surface area contributed by atoms with Gasteiger partial charge in [0.25, 0.3) is 5.91 Å². The highest BCUT2D eigenvalue weighted by Crippen LogP contribution is 2.24. The summed E-state index contributed by atoms with van der Waals surface area (Å²) in [5.74, 6) is -0.252. The molecule has 0 aliphatic carbocycles. The number of piperidine rings is 1. The van der Waals surface area contributed by atoms with Gasteiger partial charge in [-0.25, -0.2) is 4.39 Å². The molecule has 1 saturated heterocycles. The molecule has 164 valence electrons. The highest BCUT2D eigenvalue weighted by molar-refractivity contribution is 5.81. The molecule has 0 aromatic heterocycles. The summed E-state index contributed by atoms with van der Waals surface area (Å²) in [7, 11) is 0. The van der Waals surface area contributed by atoms with Crippen molar-refractivity contribution < 1.29 is 14.3 Å². The van der Waals surface area contributed by atoms with E-state index in [1.807, 2.05) is 6.08 Å². The lowest BCUT2D eigenvalue weighted by atomic mass is 9.90. The van der Waals surface area contributed by atoms with Gasteiger partial charge in [0.1, 0.15) is 11.9 Å². The molecule has 2 unspecified atom stereocenters. The number of aliphatic hydroxyl groups excluding tert-OH is 1. The zero-order chi connectivity index (χ0) is 21.9. The van der Waals surface area contributed by atoms with E-state index in [0.717, 1.165) is 56.5 Å². The number of carbonyl (C=O) groups excluding carboxylic acids is 1. The van der Waals surface area contributed by atoms with Crippen molar-refractivity contribution in [3.05, 3.63) is 72.6 Å². The molecule has 2 aliphatic rings. The molecule has 1 amide bonds. The number of carbonyl (C=O) groups is 1. The Labute approximate surface area is 180 Å². The number of likely N-dealkylation sites (tertiary alicyclic amines) is 1. The molecule has 0 spiro atoms. The van der Waals surface area contributed by atoms with Gasteiger partial charge in [0.2, 0.25) is 0 Å². The average molecular weight is 415 g/mol. The molecule has 3 rings (SSSR count). The molecule has 1 fully saturated rings. The van der Waals surface area contributed by atoms with Crippen LogP contribution >= 0.6 is 0 Å². The third-order valence-electron chi connectivity index (χ3n) is 5.74. The Morgan fingerprint density at radius 3 is 2.50 bits per heavy atom. The number of hydrogen-bond donors (Lipinski definition) is 1. The first-order chi connectivity index (χ1) is 14.5. The van der Waals surface area contributed by atoms with E-state index in [9.17, 15) is 14.3 Å². The Hall–Kier alpha value is -2.24. The SMILES string of the molecule is C=CC1=C(C=C)CN(C(=O)C(O)C2CCCN(CCC)C2)CC1.Fc1ccccc1. The number of aliphatic hydroxyl groups is 1. The van der Waals surface area contributed by atoms with Crippen LogP contribution in [-0.2, 0) is 4.79 Å². The first-order valence-corrected chi connectivity index (χ1v) is 10.9. The van der Waals surface area contributed by atoms with Crippen molar-refractivity contribution in [1.82, 2.24) is 9.80 Å². The van der Waals surface area contributed by atoms with Gasteiger partial charge in [0.15, 0.2) is 0 Å². The van der Waals surface area contributed by atoms with Gasteiger partial charge in [-0.05, 0) is 62.1 Å². The highest BCUT2D eigenvalue weighted by Gasteiger charge is 2.33. The van der Waals surface area contributed by atoms with E-state index in [0.29, 0.717) is 13.1 Å². The predicted octanol–water partition coefficient (Wildman–Crippen LogP) is 4.20. The van der Waals surface area contributed by atoms with Gasteiger partial charge in [0.05, 0.1) is 0 Å². The van der Waals surface area contributed by atoms with Crippen LogP contribution in [0.25, 0.3) is 0 Å². The lowest BCUT2D eigenvalue weighted by Crippen LogP contribution is -2.49. The Kier molecular flexibility index (Phi) is 9.98. The minimum absolute atomic E-state index is 0.0553. The van der Waals surface area contributed by atoms with Gasteiger partial charge in [-0.15, -0.1) is 0 Å². The van der Waals surface area contributed by atoms with Gasteiger partial charge >= 0.3 is 0 Å². The van der Waals surface area contributed by atoms with Crippen LogP contribution in [0.4, 0.5) is 4.39 Å². The fraction of sp³-hybridized carbons (Fsp3) is 0.480. The van der Waals surface area contributed by atoms with Gasteiger partial charge in [-0.1, -0.05) is 50.4 Å². The van der Waals surface area contributed by atoms with Crippen LogP contribution in [0.1, 0.15) is 32.6 Å². The summed E-state index contributed by atoms with van der Waals surface area (Å²) in [6, 6.07) is 7.94. The maximum Gasteiger partial charge on any atom is 0.252 e. The second kappa shape index (κ2) is 12.5. The summed E-state index contributed by atoms with van der Waals surface area (Å²) in [4.78, 5) is 16.8. The van der Waals surface area contributed by atoms with Crippen molar-refractivity contribution in [1.29, 1.82) is 0 Å². The summed E-state index contributed by atoms with van der Waals surface area (Å²) in [5.41, 5.74) is 2.20. The van der Waals surface area contributed by atoms with E-state index < -0.39 is 6.10 Å². The number of nitrogens with zero attached hydrogens (tertiary/aromatic N) is 2. The van der Waals surface area contributed by atoms with Crippen LogP contribution in [0.15, 0.2) is 66.8 Å². The number of allylic oxidation sites excluding steroid dienone is 1. The third kappa shape index (κ3) is 6.92. The minimum atomic E-state index is -0.883. The molecule has 4 nitrogen and oxygen atoms in total. The molecule has 1 aromatic carbocycles. The number of amides is 1. The minimum Gasteiger partial charge on any atom is -0.383 e. The van der Waals surface area contributed by atoms with Gasteiger partial charge in [-0.3, -0.25) is 4.79 Å². The molecule has 2 aliphatic heterocycles. The van der Waals surface area contributed by atoms with Crippen LogP contribution in [-0.4, -0.2) is 59.6 Å². The lowest BCUT2D eigenvalue weighted by Gasteiger charge is -2.37. The van der Waals surface area contributed by atoms with Crippen LogP contribution in [0.5, 0.6) is 0 Å². The molecule has 1 aromatic rings. The summed E-state index contributed by atoms with van der Waals surface area (Å²) < 4.78 is 11.9. The first kappa shape index (κ1) is 24.0. The smallest absolute Gasteiger partial charge is 0.252 e. The molecule has 30 heavy (non-hydrogen) atoms. The Balaban J connectivity index is 0.000000386. The van der Waals surface area contributed by atoms with Crippen LogP contribution in [0, 0.1) is 11.7 Å². The Morgan fingerprint density at radius 2 is 1.93 bits per heavy atom. The summed E-state index contributed by atoms with van der Waals surface area (Å²) in [6.07, 6.45) is 6.66. The number of halogens is 1. The molecule has 2 atom stereocenters. The van der Waals surface area contributed by atoms with Crippen LogP contribution in [0.2, 0.25) is 0 Å². The largest absolute Gasteiger partial charge is 0.383 e. The van der Waals surface area contributed by atoms with E-state index >= 15 is 0 Å². The van der Waals surface area contributed by atoms with E-state index in [4.69, 9.17) is 0 Å². The Bertz CT molecular complexity index is 730. The van der Waals surface area contributed by atoms with E-state index in [1.54, 1.807) is 29.2 Å². The molecule has 5 heteroatoms. The van der Waals surface area contributed by atoms with Crippen LogP contribution < -0.4 is 0 Å². The highest BCUT2D eigenvalue weighted by atomic mass is 19.1. The topological polar surface area (TPSA) is 43.8 Å². The second-order valence-electron chi connectivity index (χ2n) is 7.91. The standard InChI is InChI=1S/C19H30N2O2.C6H5F/c1-4-10-20-11-7-8-17(13-20)18(22)19(23)21-12-9-15(5-2)16(6-3)14-21;7-6-4-2-1-3-5-6/h5-6,17-18,22H,2-4,7-14H2,1H3;1-5H. The normalized spacial score (nSPS) is 20.8. The quantitative estimate of drug-likeness (QED) is 0.759. The number of benzene rings is 1. The summed E-state index contributed by atoms with van der Waals surface area (Å²) in [5, 5.41) is 10.6. The first-order valence-electron chi connectivity index (χ1n) is 10.9. The van der Waals surface area contributed by atoms with Crippen molar-refractivity contribution in [2.24, 2.45) is 5.92 Å². The number of rotatable bonds is 6. The average Bonchev–Trinajstić information content (AvgIpc) is 2.79. The molecular weight excluding hydrogens is 379 g/mol. The molecule has 0 bridgehead atoms. The van der Waals surface area contributed by atoms with Crippen molar-refractivity contribution in [2.75, 3.05) is 32.7 Å². The molecule has 2 heterocycles. The number of hydrogen-bond acceptors (Lipinski definition) is 3.